The van der Waals surface area contributed by atoms with E-state index in [1.54, 1.807) is 30.0 Å². The summed E-state index contributed by atoms with van der Waals surface area (Å²) >= 11 is 6.06. The molecule has 7 heteroatoms. The SMILES string of the molecule is Cc1cc(C(=O)N2CCN(Cc3c(F)cccc3Cl)CC2)on1. The van der Waals surface area contributed by atoms with Crippen molar-refractivity contribution in [3.05, 3.63) is 52.1 Å². The van der Waals surface area contributed by atoms with Crippen molar-refractivity contribution in [1.82, 2.24) is 15.0 Å². The van der Waals surface area contributed by atoms with Gasteiger partial charge in [-0.15, -0.1) is 0 Å². The van der Waals surface area contributed by atoms with Gasteiger partial charge < -0.3 is 9.42 Å². The summed E-state index contributed by atoms with van der Waals surface area (Å²) in [5.41, 5.74) is 1.18. The number of carbonyl (C=O) groups excluding carboxylic acids is 1. The molecule has 3 rings (SSSR count). The van der Waals surface area contributed by atoms with Gasteiger partial charge in [-0.1, -0.05) is 22.8 Å². The summed E-state index contributed by atoms with van der Waals surface area (Å²) in [6.07, 6.45) is 0. The highest BCUT2D eigenvalue weighted by Gasteiger charge is 2.25. The fraction of sp³-hybridized carbons (Fsp3) is 0.375. The Balaban J connectivity index is 1.59. The van der Waals surface area contributed by atoms with Gasteiger partial charge in [0.25, 0.3) is 5.91 Å². The molecule has 1 amide bonds. The number of halogens is 2. The summed E-state index contributed by atoms with van der Waals surface area (Å²) < 4.78 is 18.9. The Hall–Kier alpha value is -1.92. The topological polar surface area (TPSA) is 49.6 Å². The monoisotopic (exact) mass is 337 g/mol. The number of nitrogens with zero attached hydrogens (tertiary/aromatic N) is 3. The predicted octanol–water partition coefficient (Wildman–Crippen LogP) is 2.73. The summed E-state index contributed by atoms with van der Waals surface area (Å²) in [6.45, 7) is 4.65. The number of carbonyl (C=O) groups is 1. The van der Waals surface area contributed by atoms with Gasteiger partial charge in [-0.05, 0) is 19.1 Å². The number of amides is 1. The van der Waals surface area contributed by atoms with Crippen LogP contribution in [0.4, 0.5) is 4.39 Å². The molecule has 122 valence electrons. The minimum absolute atomic E-state index is 0.158. The molecule has 1 fully saturated rings. The molecule has 1 aromatic carbocycles. The van der Waals surface area contributed by atoms with Crippen LogP contribution in [0.15, 0.2) is 28.8 Å². The van der Waals surface area contributed by atoms with Crippen molar-refractivity contribution in [3.8, 4) is 0 Å². The molecule has 23 heavy (non-hydrogen) atoms. The Morgan fingerprint density at radius 2 is 2.09 bits per heavy atom. The summed E-state index contributed by atoms with van der Waals surface area (Å²) in [7, 11) is 0. The van der Waals surface area contributed by atoms with Crippen LogP contribution in [0.2, 0.25) is 5.02 Å². The van der Waals surface area contributed by atoms with E-state index in [1.165, 1.54) is 6.07 Å². The van der Waals surface area contributed by atoms with Crippen molar-refractivity contribution in [3.63, 3.8) is 0 Å². The number of rotatable bonds is 3. The van der Waals surface area contributed by atoms with Gasteiger partial charge in [-0.25, -0.2) is 4.39 Å². The Morgan fingerprint density at radius 3 is 2.70 bits per heavy atom. The van der Waals surface area contributed by atoms with Gasteiger partial charge in [-0.2, -0.15) is 0 Å². The fourth-order valence-electron chi connectivity index (χ4n) is 2.64. The second-order valence-electron chi connectivity index (χ2n) is 5.60. The van der Waals surface area contributed by atoms with Crippen LogP contribution in [-0.4, -0.2) is 47.0 Å². The lowest BCUT2D eigenvalue weighted by Gasteiger charge is -2.34. The fourth-order valence-corrected chi connectivity index (χ4v) is 2.86. The van der Waals surface area contributed by atoms with Crippen LogP contribution in [-0.2, 0) is 6.54 Å². The van der Waals surface area contributed by atoms with E-state index < -0.39 is 0 Å². The number of hydrogen-bond acceptors (Lipinski definition) is 4. The van der Waals surface area contributed by atoms with Crippen LogP contribution in [0.3, 0.4) is 0 Å². The van der Waals surface area contributed by atoms with Crippen molar-refractivity contribution in [2.45, 2.75) is 13.5 Å². The second kappa shape index (κ2) is 6.68. The Kier molecular flexibility index (Phi) is 4.63. The van der Waals surface area contributed by atoms with Crippen LogP contribution in [0.1, 0.15) is 21.8 Å². The zero-order valence-corrected chi connectivity index (χ0v) is 13.5. The van der Waals surface area contributed by atoms with Crippen molar-refractivity contribution in [2.75, 3.05) is 26.2 Å². The third kappa shape index (κ3) is 3.54. The molecule has 2 heterocycles. The molecule has 0 N–H and O–H groups in total. The second-order valence-corrected chi connectivity index (χ2v) is 6.01. The van der Waals surface area contributed by atoms with Crippen LogP contribution in [0.25, 0.3) is 0 Å². The highest BCUT2D eigenvalue weighted by molar-refractivity contribution is 6.31. The molecule has 0 saturated carbocycles. The first-order chi connectivity index (χ1) is 11.0. The zero-order valence-electron chi connectivity index (χ0n) is 12.8. The maximum absolute atomic E-state index is 13.8. The van der Waals surface area contributed by atoms with Crippen LogP contribution in [0.5, 0.6) is 0 Å². The van der Waals surface area contributed by atoms with Gasteiger partial charge >= 0.3 is 0 Å². The third-order valence-electron chi connectivity index (χ3n) is 3.94. The van der Waals surface area contributed by atoms with E-state index in [4.69, 9.17) is 16.1 Å². The highest BCUT2D eigenvalue weighted by atomic mass is 35.5. The van der Waals surface area contributed by atoms with E-state index in [-0.39, 0.29) is 17.5 Å². The Labute approximate surface area is 138 Å². The first-order valence-electron chi connectivity index (χ1n) is 7.42. The molecule has 0 unspecified atom stereocenters. The molecular weight excluding hydrogens is 321 g/mol. The van der Waals surface area contributed by atoms with Crippen molar-refractivity contribution in [2.24, 2.45) is 0 Å². The molecule has 0 bridgehead atoms. The van der Waals surface area contributed by atoms with Crippen LogP contribution >= 0.6 is 11.6 Å². The molecule has 0 aliphatic carbocycles. The minimum atomic E-state index is -0.298. The average molecular weight is 338 g/mol. The van der Waals surface area contributed by atoms with Gasteiger partial charge in [0.05, 0.1) is 5.69 Å². The van der Waals surface area contributed by atoms with Crippen LogP contribution < -0.4 is 0 Å². The molecule has 1 aliphatic rings. The first-order valence-corrected chi connectivity index (χ1v) is 7.80. The lowest BCUT2D eigenvalue weighted by molar-refractivity contribution is 0.0587. The molecule has 1 aliphatic heterocycles. The number of aromatic nitrogens is 1. The molecule has 5 nitrogen and oxygen atoms in total. The number of hydrogen-bond donors (Lipinski definition) is 0. The molecule has 0 radical (unpaired) electrons. The van der Waals surface area contributed by atoms with E-state index >= 15 is 0 Å². The van der Waals surface area contributed by atoms with Crippen molar-refractivity contribution < 1.29 is 13.7 Å². The standard InChI is InChI=1S/C16H17ClFN3O2/c1-11-9-15(23-19-11)16(22)21-7-5-20(6-8-21)10-12-13(17)3-2-4-14(12)18/h2-4,9H,5-8,10H2,1H3. The van der Waals surface area contributed by atoms with Gasteiger partial charge in [0, 0.05) is 49.4 Å². The Bertz CT molecular complexity index is 691. The summed E-state index contributed by atoms with van der Waals surface area (Å²) in [5, 5.41) is 4.16. The first kappa shape index (κ1) is 16.0. The maximum atomic E-state index is 13.8. The van der Waals surface area contributed by atoms with E-state index in [0.29, 0.717) is 49.0 Å². The van der Waals surface area contributed by atoms with Crippen molar-refractivity contribution in [1.29, 1.82) is 0 Å². The van der Waals surface area contributed by atoms with Gasteiger partial charge in [0.2, 0.25) is 5.76 Å². The molecular formula is C16H17ClFN3O2. The number of aryl methyl sites for hydroxylation is 1. The van der Waals surface area contributed by atoms with E-state index in [9.17, 15) is 9.18 Å². The Morgan fingerprint density at radius 1 is 1.35 bits per heavy atom. The minimum Gasteiger partial charge on any atom is -0.351 e. The van der Waals surface area contributed by atoms with E-state index in [2.05, 4.69) is 10.1 Å². The predicted molar refractivity (Wildman–Crippen MR) is 83.8 cm³/mol. The van der Waals surface area contributed by atoms with Crippen LogP contribution in [0, 0.1) is 12.7 Å². The molecule has 1 saturated heterocycles. The smallest absolute Gasteiger partial charge is 0.292 e. The lowest BCUT2D eigenvalue weighted by atomic mass is 10.1. The third-order valence-corrected chi connectivity index (χ3v) is 4.30. The zero-order chi connectivity index (χ0) is 16.4. The summed E-state index contributed by atoms with van der Waals surface area (Å²) in [6, 6.07) is 6.32. The summed E-state index contributed by atoms with van der Waals surface area (Å²) in [5.74, 6) is -0.199. The van der Waals surface area contributed by atoms with E-state index in [0.717, 1.165) is 0 Å². The van der Waals surface area contributed by atoms with Gasteiger partial charge in [0.15, 0.2) is 0 Å². The molecule has 0 atom stereocenters. The maximum Gasteiger partial charge on any atom is 0.292 e. The highest BCUT2D eigenvalue weighted by Crippen LogP contribution is 2.21. The molecule has 2 aromatic rings. The lowest BCUT2D eigenvalue weighted by Crippen LogP contribution is -2.48. The molecule has 0 spiro atoms. The quantitative estimate of drug-likeness (QED) is 0.864. The van der Waals surface area contributed by atoms with Gasteiger partial charge in [0.1, 0.15) is 5.82 Å². The molecule has 1 aromatic heterocycles. The van der Waals surface area contributed by atoms with Gasteiger partial charge in [-0.3, -0.25) is 9.69 Å². The normalized spacial score (nSPS) is 15.9. The van der Waals surface area contributed by atoms with E-state index in [1.807, 2.05) is 0 Å². The van der Waals surface area contributed by atoms with Crippen molar-refractivity contribution >= 4 is 17.5 Å². The number of piperazine rings is 1. The number of benzene rings is 1. The average Bonchev–Trinajstić information content (AvgIpc) is 2.97. The largest absolute Gasteiger partial charge is 0.351 e. The summed E-state index contributed by atoms with van der Waals surface area (Å²) in [4.78, 5) is 16.1.